The van der Waals surface area contributed by atoms with Crippen molar-refractivity contribution in [1.82, 2.24) is 20.4 Å². The number of aliphatic hydroxyl groups is 1. The number of allylic oxidation sites excluding steroid dienone is 2. The van der Waals surface area contributed by atoms with Gasteiger partial charge in [0.1, 0.15) is 23.1 Å². The molecule has 1 spiro atoms. The summed E-state index contributed by atoms with van der Waals surface area (Å²) in [6.45, 7) is 4.74. The zero-order valence-electron chi connectivity index (χ0n) is 25.3. The molecule has 9 heteroatoms. The molecule has 1 aliphatic carbocycles. The minimum atomic E-state index is -0.878. The Morgan fingerprint density at radius 2 is 1.74 bits per heavy atom. The number of aliphatic hydroxyl groups excluding tert-OH is 1. The van der Waals surface area contributed by atoms with E-state index < -0.39 is 17.7 Å². The highest BCUT2D eigenvalue weighted by Crippen LogP contribution is 2.36. The fourth-order valence-electron chi connectivity index (χ4n) is 6.56. The number of carbonyl (C=O) groups is 3. The zero-order chi connectivity index (χ0) is 30.4. The number of nitrogens with zero attached hydrogens (tertiary/aromatic N) is 2. The van der Waals surface area contributed by atoms with Gasteiger partial charge in [-0.25, -0.2) is 0 Å². The molecule has 2 aliphatic heterocycles. The summed E-state index contributed by atoms with van der Waals surface area (Å²) in [5, 5.41) is 16.7. The van der Waals surface area contributed by atoms with Gasteiger partial charge >= 0.3 is 0 Å². The molecule has 0 radical (unpaired) electrons. The summed E-state index contributed by atoms with van der Waals surface area (Å²) in [6.07, 6.45) is 8.62. The predicted octanol–water partition coefficient (Wildman–Crippen LogP) is 4.02. The lowest BCUT2D eigenvalue weighted by atomic mass is 9.78. The first kappa shape index (κ1) is 30.8. The van der Waals surface area contributed by atoms with E-state index in [0.29, 0.717) is 49.5 Å². The normalized spacial score (nSPS) is 22.7. The van der Waals surface area contributed by atoms with Crippen LogP contribution in [0.4, 0.5) is 0 Å². The van der Waals surface area contributed by atoms with Gasteiger partial charge < -0.3 is 25.4 Å². The van der Waals surface area contributed by atoms with Crippen LogP contribution in [0.15, 0.2) is 60.7 Å². The minimum Gasteiger partial charge on any atom is -0.457 e. The Labute approximate surface area is 254 Å². The molecule has 3 N–H and O–H groups in total. The second-order valence-corrected chi connectivity index (χ2v) is 12.0. The maximum absolute atomic E-state index is 13.8. The van der Waals surface area contributed by atoms with Crippen molar-refractivity contribution in [3.05, 3.63) is 71.8 Å². The number of piperazine rings is 1. The van der Waals surface area contributed by atoms with Gasteiger partial charge in [-0.2, -0.15) is 0 Å². The molecule has 1 unspecified atom stereocenters. The van der Waals surface area contributed by atoms with Crippen molar-refractivity contribution in [2.24, 2.45) is 5.92 Å². The second kappa shape index (κ2) is 13.7. The standard InChI is InChI=1S/C34H44N4O5/c1-3-4-20-38-32(41)29(30(39)25-8-6-5-7-9-25)36-33(42)34(38)18-21-37(22-19-34)23-24-10-14-27(15-11-24)43-28-16-12-26(13-17-28)31(40)35-2/h5-6,10-17,25,29-30,39H,3-4,7-9,18-23H2,1-2H3,(H,35,40)(H,36,42)/t25?,29-,30-/m1/s1. The Morgan fingerprint density at radius 1 is 1.07 bits per heavy atom. The Bertz CT molecular complexity index is 1300. The Balaban J connectivity index is 1.19. The Hall–Kier alpha value is -3.69. The van der Waals surface area contributed by atoms with E-state index in [1.165, 1.54) is 0 Å². The van der Waals surface area contributed by atoms with E-state index in [1.54, 1.807) is 31.3 Å². The van der Waals surface area contributed by atoms with Gasteiger partial charge in [0.05, 0.1) is 6.10 Å². The van der Waals surface area contributed by atoms with Crippen molar-refractivity contribution in [2.75, 3.05) is 26.7 Å². The van der Waals surface area contributed by atoms with E-state index in [2.05, 4.69) is 34.6 Å². The van der Waals surface area contributed by atoms with Gasteiger partial charge in [0.15, 0.2) is 0 Å². The molecule has 3 aliphatic rings. The maximum Gasteiger partial charge on any atom is 0.251 e. The molecule has 2 heterocycles. The molecule has 0 bridgehead atoms. The van der Waals surface area contributed by atoms with Crippen molar-refractivity contribution in [1.29, 1.82) is 0 Å². The lowest BCUT2D eigenvalue weighted by Gasteiger charge is -2.52. The number of likely N-dealkylation sites (tertiary alicyclic amines) is 1. The third-order valence-corrected chi connectivity index (χ3v) is 9.22. The highest BCUT2D eigenvalue weighted by Gasteiger charge is 2.55. The van der Waals surface area contributed by atoms with Crippen LogP contribution < -0.4 is 15.4 Å². The number of piperidine rings is 1. The topological polar surface area (TPSA) is 111 Å². The average molecular weight is 589 g/mol. The number of hydrogen-bond donors (Lipinski definition) is 3. The molecule has 2 aromatic rings. The molecule has 0 saturated carbocycles. The van der Waals surface area contributed by atoms with Crippen LogP contribution in [0.3, 0.4) is 0 Å². The molecule has 0 aromatic heterocycles. The molecule has 2 saturated heterocycles. The number of unbranched alkanes of at least 4 members (excludes halogenated alkanes) is 1. The van der Waals surface area contributed by atoms with Gasteiger partial charge in [-0.3, -0.25) is 19.3 Å². The van der Waals surface area contributed by atoms with Crippen LogP contribution >= 0.6 is 0 Å². The lowest BCUT2D eigenvalue weighted by Crippen LogP contribution is -2.75. The third-order valence-electron chi connectivity index (χ3n) is 9.22. The molecule has 9 nitrogen and oxygen atoms in total. The van der Waals surface area contributed by atoms with Crippen molar-refractivity contribution < 1.29 is 24.2 Å². The number of benzene rings is 2. The van der Waals surface area contributed by atoms with E-state index >= 15 is 0 Å². The summed E-state index contributed by atoms with van der Waals surface area (Å²) in [6, 6.07) is 14.1. The van der Waals surface area contributed by atoms with Crippen molar-refractivity contribution in [3.63, 3.8) is 0 Å². The number of carbonyl (C=O) groups excluding carboxylic acids is 3. The highest BCUT2D eigenvalue weighted by molar-refractivity contribution is 6.00. The van der Waals surface area contributed by atoms with Crippen LogP contribution in [0, 0.1) is 5.92 Å². The third kappa shape index (κ3) is 6.78. The van der Waals surface area contributed by atoms with Gasteiger partial charge in [-0.05, 0) is 86.4 Å². The maximum atomic E-state index is 13.8. The van der Waals surface area contributed by atoms with Gasteiger partial charge in [-0.15, -0.1) is 0 Å². The summed E-state index contributed by atoms with van der Waals surface area (Å²) in [7, 11) is 1.60. The van der Waals surface area contributed by atoms with Crippen molar-refractivity contribution in [3.8, 4) is 11.5 Å². The van der Waals surface area contributed by atoms with Crippen molar-refractivity contribution in [2.45, 2.75) is 76.1 Å². The molecular formula is C34H44N4O5. The molecule has 230 valence electrons. The van der Waals surface area contributed by atoms with Crippen molar-refractivity contribution >= 4 is 17.7 Å². The zero-order valence-corrected chi connectivity index (χ0v) is 25.3. The van der Waals surface area contributed by atoms with Gasteiger partial charge in [-0.1, -0.05) is 37.6 Å². The molecule has 3 amide bonds. The predicted molar refractivity (Wildman–Crippen MR) is 165 cm³/mol. The van der Waals surface area contributed by atoms with Crippen LogP contribution in [-0.2, 0) is 16.1 Å². The molecule has 43 heavy (non-hydrogen) atoms. The monoisotopic (exact) mass is 588 g/mol. The van der Waals surface area contributed by atoms with E-state index in [-0.39, 0.29) is 23.6 Å². The number of nitrogens with one attached hydrogen (secondary N) is 2. The molecule has 3 atom stereocenters. The second-order valence-electron chi connectivity index (χ2n) is 12.0. The minimum absolute atomic E-state index is 0.0190. The molecule has 2 aromatic carbocycles. The SMILES string of the molecule is CCCCN1C(=O)[C@@H]([C@H](O)C2CC=CCC2)NC(=O)C12CCN(Cc1ccc(Oc3ccc(C(=O)NC)cc3)cc1)CC2. The smallest absolute Gasteiger partial charge is 0.251 e. The number of hydrogen-bond acceptors (Lipinski definition) is 6. The van der Waals surface area contributed by atoms with Crippen LogP contribution in [0.2, 0.25) is 0 Å². The number of rotatable bonds is 10. The lowest BCUT2D eigenvalue weighted by molar-refractivity contribution is -0.165. The molecule has 5 rings (SSSR count). The average Bonchev–Trinajstić information content (AvgIpc) is 3.04. The van der Waals surface area contributed by atoms with E-state index in [1.807, 2.05) is 29.2 Å². The summed E-state index contributed by atoms with van der Waals surface area (Å²) in [4.78, 5) is 43.4. The first-order valence-electron chi connectivity index (χ1n) is 15.6. The highest BCUT2D eigenvalue weighted by atomic mass is 16.5. The van der Waals surface area contributed by atoms with Crippen LogP contribution in [0.25, 0.3) is 0 Å². The first-order chi connectivity index (χ1) is 20.8. The van der Waals surface area contributed by atoms with Gasteiger partial charge in [0, 0.05) is 38.8 Å². The largest absolute Gasteiger partial charge is 0.457 e. The van der Waals surface area contributed by atoms with Crippen LogP contribution in [0.1, 0.15) is 67.8 Å². The fraction of sp³-hybridized carbons (Fsp3) is 0.500. The van der Waals surface area contributed by atoms with Gasteiger partial charge in [0.25, 0.3) is 5.91 Å². The van der Waals surface area contributed by atoms with Gasteiger partial charge in [0.2, 0.25) is 11.8 Å². The Kier molecular flexibility index (Phi) is 9.82. The van der Waals surface area contributed by atoms with Crippen LogP contribution in [0.5, 0.6) is 11.5 Å². The summed E-state index contributed by atoms with van der Waals surface area (Å²) < 4.78 is 5.95. The number of ether oxygens (including phenoxy) is 1. The molecular weight excluding hydrogens is 544 g/mol. The fourth-order valence-corrected chi connectivity index (χ4v) is 6.56. The summed E-state index contributed by atoms with van der Waals surface area (Å²) in [5.74, 6) is 0.943. The summed E-state index contributed by atoms with van der Waals surface area (Å²) in [5.41, 5.74) is 0.845. The quantitative estimate of drug-likeness (QED) is 0.362. The van der Waals surface area contributed by atoms with Crippen LogP contribution in [-0.4, -0.2) is 77.0 Å². The van der Waals surface area contributed by atoms with E-state index in [4.69, 9.17) is 4.74 Å². The number of amides is 3. The first-order valence-corrected chi connectivity index (χ1v) is 15.6. The molecule has 2 fully saturated rings. The van der Waals surface area contributed by atoms with E-state index in [9.17, 15) is 19.5 Å². The summed E-state index contributed by atoms with van der Waals surface area (Å²) >= 11 is 0. The Morgan fingerprint density at radius 3 is 2.35 bits per heavy atom. The van der Waals surface area contributed by atoms with E-state index in [0.717, 1.165) is 44.2 Å².